The number of ether oxygens (including phenoxy) is 1. The molecule has 29 heavy (non-hydrogen) atoms. The molecule has 0 aliphatic carbocycles. The second-order valence-corrected chi connectivity index (χ2v) is 6.95. The molecule has 150 valence electrons. The van der Waals surface area contributed by atoms with Gasteiger partial charge in [0, 0.05) is 40.9 Å². The number of nitrogens with one attached hydrogen (secondary N) is 2. The molecule has 0 radical (unpaired) electrons. The van der Waals surface area contributed by atoms with Gasteiger partial charge in [-0.1, -0.05) is 0 Å². The monoisotopic (exact) mass is 392 g/mol. The largest absolute Gasteiger partial charge is 0.496 e. The lowest BCUT2D eigenvalue weighted by Crippen LogP contribution is -2.09. The number of benzene rings is 2. The van der Waals surface area contributed by atoms with Crippen LogP contribution in [0, 0.1) is 13.8 Å². The molecule has 0 saturated carbocycles. The standard InChI is InChI=1S/C23H24N2O4/c1-13(10-21(27)25-18-8-6-17(7-9-18)24-16(4)26)19-11-20-14(2)12-29-23(20)15(3)22(19)28-5/h6-12H,1-5H3,(H,24,26)(H,25,27)/b13-10+. The maximum atomic E-state index is 12.5. The Morgan fingerprint density at radius 2 is 1.66 bits per heavy atom. The van der Waals surface area contributed by atoms with Gasteiger partial charge >= 0.3 is 0 Å². The molecule has 0 unspecified atom stereocenters. The highest BCUT2D eigenvalue weighted by atomic mass is 16.5. The van der Waals surface area contributed by atoms with E-state index in [0.29, 0.717) is 17.1 Å². The molecule has 1 heterocycles. The molecule has 0 aliphatic heterocycles. The number of amides is 2. The maximum absolute atomic E-state index is 12.5. The Morgan fingerprint density at radius 3 is 2.24 bits per heavy atom. The Balaban J connectivity index is 1.85. The van der Waals surface area contributed by atoms with Crippen molar-refractivity contribution in [3.63, 3.8) is 0 Å². The van der Waals surface area contributed by atoms with Crippen molar-refractivity contribution in [1.29, 1.82) is 0 Å². The van der Waals surface area contributed by atoms with Gasteiger partial charge in [-0.25, -0.2) is 0 Å². The van der Waals surface area contributed by atoms with E-state index in [0.717, 1.165) is 33.2 Å². The van der Waals surface area contributed by atoms with Crippen LogP contribution in [0.4, 0.5) is 11.4 Å². The van der Waals surface area contributed by atoms with Gasteiger partial charge in [0.1, 0.15) is 11.3 Å². The number of rotatable bonds is 5. The van der Waals surface area contributed by atoms with Crippen LogP contribution in [-0.4, -0.2) is 18.9 Å². The number of hydrogen-bond donors (Lipinski definition) is 2. The summed E-state index contributed by atoms with van der Waals surface area (Å²) in [7, 11) is 1.61. The van der Waals surface area contributed by atoms with E-state index in [2.05, 4.69) is 10.6 Å². The van der Waals surface area contributed by atoms with Gasteiger partial charge in [0.15, 0.2) is 0 Å². The molecule has 6 heteroatoms. The molecule has 2 N–H and O–H groups in total. The molecule has 0 atom stereocenters. The minimum atomic E-state index is -0.251. The summed E-state index contributed by atoms with van der Waals surface area (Å²) in [6, 6.07) is 8.92. The lowest BCUT2D eigenvalue weighted by Gasteiger charge is -2.13. The van der Waals surface area contributed by atoms with Crippen LogP contribution >= 0.6 is 0 Å². The summed E-state index contributed by atoms with van der Waals surface area (Å²) in [5.74, 6) is 0.293. The first-order valence-corrected chi connectivity index (χ1v) is 9.23. The Morgan fingerprint density at radius 1 is 1.03 bits per heavy atom. The van der Waals surface area contributed by atoms with Gasteiger partial charge in [-0.15, -0.1) is 0 Å². The number of furan rings is 1. The number of methoxy groups -OCH3 is 1. The van der Waals surface area contributed by atoms with E-state index in [4.69, 9.17) is 9.15 Å². The minimum Gasteiger partial charge on any atom is -0.496 e. The highest BCUT2D eigenvalue weighted by Gasteiger charge is 2.16. The highest BCUT2D eigenvalue weighted by Crippen LogP contribution is 2.37. The molecule has 1 aromatic heterocycles. The number of carbonyl (C=O) groups excluding carboxylic acids is 2. The zero-order valence-electron chi connectivity index (χ0n) is 17.2. The van der Waals surface area contributed by atoms with Crippen LogP contribution in [0.15, 0.2) is 47.1 Å². The zero-order chi connectivity index (χ0) is 21.1. The lowest BCUT2D eigenvalue weighted by atomic mass is 9.98. The van der Waals surface area contributed by atoms with E-state index >= 15 is 0 Å². The molecule has 0 saturated heterocycles. The summed E-state index contributed by atoms with van der Waals surface area (Å²) in [4.78, 5) is 23.6. The van der Waals surface area contributed by atoms with E-state index < -0.39 is 0 Å². The Bertz CT molecular complexity index is 1110. The first-order chi connectivity index (χ1) is 13.8. The molecule has 0 fully saturated rings. The fourth-order valence-electron chi connectivity index (χ4n) is 3.29. The molecule has 3 rings (SSSR count). The van der Waals surface area contributed by atoms with E-state index in [-0.39, 0.29) is 11.8 Å². The van der Waals surface area contributed by atoms with Gasteiger partial charge in [-0.3, -0.25) is 9.59 Å². The van der Waals surface area contributed by atoms with Crippen molar-refractivity contribution < 1.29 is 18.7 Å². The average Bonchev–Trinajstić information content (AvgIpc) is 3.04. The number of allylic oxidation sites excluding steroid dienone is 1. The third-order valence-corrected chi connectivity index (χ3v) is 4.69. The summed E-state index contributed by atoms with van der Waals surface area (Å²) in [5, 5.41) is 6.52. The molecule has 0 aliphatic rings. The topological polar surface area (TPSA) is 80.6 Å². The number of anilines is 2. The van der Waals surface area contributed by atoms with Crippen LogP contribution in [0.1, 0.15) is 30.5 Å². The Labute approximate surface area is 169 Å². The van der Waals surface area contributed by atoms with Crippen molar-refractivity contribution in [1.82, 2.24) is 0 Å². The van der Waals surface area contributed by atoms with Gasteiger partial charge in [0.2, 0.25) is 11.8 Å². The van der Waals surface area contributed by atoms with Gasteiger partial charge in [0.05, 0.1) is 13.4 Å². The number of fused-ring (bicyclic) bond motifs is 1. The van der Waals surface area contributed by atoms with Crippen molar-refractivity contribution >= 4 is 39.7 Å². The quantitative estimate of drug-likeness (QED) is 0.595. The first kappa shape index (κ1) is 20.2. The van der Waals surface area contributed by atoms with E-state index in [1.165, 1.54) is 6.92 Å². The van der Waals surface area contributed by atoms with Crippen LogP contribution in [0.3, 0.4) is 0 Å². The molecule has 3 aromatic rings. The maximum Gasteiger partial charge on any atom is 0.248 e. The molecule has 0 spiro atoms. The highest BCUT2D eigenvalue weighted by molar-refractivity contribution is 6.05. The van der Waals surface area contributed by atoms with E-state index in [1.807, 2.05) is 26.8 Å². The Hall–Kier alpha value is -3.54. The van der Waals surface area contributed by atoms with Gasteiger partial charge in [0.25, 0.3) is 0 Å². The van der Waals surface area contributed by atoms with Gasteiger partial charge in [-0.2, -0.15) is 0 Å². The fourth-order valence-corrected chi connectivity index (χ4v) is 3.29. The lowest BCUT2D eigenvalue weighted by molar-refractivity contribution is -0.114. The third-order valence-electron chi connectivity index (χ3n) is 4.69. The van der Waals surface area contributed by atoms with E-state index in [9.17, 15) is 9.59 Å². The number of aryl methyl sites for hydroxylation is 2. The zero-order valence-corrected chi connectivity index (χ0v) is 17.2. The molecular weight excluding hydrogens is 368 g/mol. The predicted octanol–water partition coefficient (Wildman–Crippen LogP) is 5.06. The molecule has 2 aromatic carbocycles. The second-order valence-electron chi connectivity index (χ2n) is 6.95. The van der Waals surface area contributed by atoms with Crippen molar-refractivity contribution in [2.24, 2.45) is 0 Å². The van der Waals surface area contributed by atoms with Crippen LogP contribution in [0.25, 0.3) is 16.5 Å². The smallest absolute Gasteiger partial charge is 0.248 e. The number of hydrogen-bond acceptors (Lipinski definition) is 4. The molecule has 2 amide bonds. The van der Waals surface area contributed by atoms with Crippen molar-refractivity contribution in [3.05, 3.63) is 59.4 Å². The second kappa shape index (κ2) is 8.22. The summed E-state index contributed by atoms with van der Waals surface area (Å²) in [5.41, 5.74) is 5.65. The molecular formula is C23H24N2O4. The van der Waals surface area contributed by atoms with E-state index in [1.54, 1.807) is 43.7 Å². The summed E-state index contributed by atoms with van der Waals surface area (Å²) in [6.07, 6.45) is 3.26. The fraction of sp³-hybridized carbons (Fsp3) is 0.217. The van der Waals surface area contributed by atoms with Crippen LogP contribution < -0.4 is 15.4 Å². The SMILES string of the molecule is COc1c(/C(C)=C/C(=O)Nc2ccc(NC(C)=O)cc2)cc2c(C)coc2c1C. The van der Waals surface area contributed by atoms with Gasteiger partial charge in [-0.05, 0) is 62.2 Å². The van der Waals surface area contributed by atoms with Crippen molar-refractivity contribution in [2.75, 3.05) is 17.7 Å². The first-order valence-electron chi connectivity index (χ1n) is 9.23. The molecule has 6 nitrogen and oxygen atoms in total. The van der Waals surface area contributed by atoms with Crippen molar-refractivity contribution in [2.45, 2.75) is 27.7 Å². The number of carbonyl (C=O) groups is 2. The van der Waals surface area contributed by atoms with Crippen LogP contribution in [0.2, 0.25) is 0 Å². The summed E-state index contributed by atoms with van der Waals surface area (Å²) in [6.45, 7) is 7.25. The summed E-state index contributed by atoms with van der Waals surface area (Å²) >= 11 is 0. The molecule has 0 bridgehead atoms. The Kier molecular flexibility index (Phi) is 5.73. The normalized spacial score (nSPS) is 11.4. The van der Waals surface area contributed by atoms with Crippen LogP contribution in [0.5, 0.6) is 5.75 Å². The third kappa shape index (κ3) is 4.32. The minimum absolute atomic E-state index is 0.144. The van der Waals surface area contributed by atoms with Crippen molar-refractivity contribution in [3.8, 4) is 5.75 Å². The van der Waals surface area contributed by atoms with Crippen LogP contribution in [-0.2, 0) is 9.59 Å². The summed E-state index contributed by atoms with van der Waals surface area (Å²) < 4.78 is 11.2. The predicted molar refractivity (Wildman–Crippen MR) is 115 cm³/mol. The van der Waals surface area contributed by atoms with Gasteiger partial charge < -0.3 is 19.8 Å². The average molecular weight is 392 g/mol.